The Bertz CT molecular complexity index is 383. The first-order valence-corrected chi connectivity index (χ1v) is 6.28. The molecule has 2 heteroatoms. The first-order chi connectivity index (χ1) is 7.93. The van der Waals surface area contributed by atoms with Crippen molar-refractivity contribution in [3.05, 3.63) is 35.9 Å². The number of amidine groups is 1. The third kappa shape index (κ3) is 2.11. The summed E-state index contributed by atoms with van der Waals surface area (Å²) < 4.78 is 0. The molecule has 1 saturated carbocycles. The molecule has 16 heavy (non-hydrogen) atoms. The lowest BCUT2D eigenvalue weighted by molar-refractivity contribution is 0.701. The average molecular weight is 214 g/mol. The van der Waals surface area contributed by atoms with E-state index < -0.39 is 0 Å². The van der Waals surface area contributed by atoms with E-state index >= 15 is 0 Å². The molecule has 84 valence electrons. The lowest BCUT2D eigenvalue weighted by Crippen LogP contribution is -2.28. The van der Waals surface area contributed by atoms with Crippen molar-refractivity contribution in [3.8, 4) is 0 Å². The van der Waals surface area contributed by atoms with Crippen LogP contribution in [0.4, 0.5) is 0 Å². The van der Waals surface area contributed by atoms with Crippen molar-refractivity contribution in [1.29, 1.82) is 0 Å². The van der Waals surface area contributed by atoms with Crippen molar-refractivity contribution in [2.75, 3.05) is 6.54 Å². The smallest absolute Gasteiger partial charge is 0.0965 e. The van der Waals surface area contributed by atoms with E-state index in [1.807, 2.05) is 0 Å². The molecule has 1 aliphatic carbocycles. The molecule has 0 spiro atoms. The van der Waals surface area contributed by atoms with Crippen LogP contribution in [0, 0.1) is 0 Å². The lowest BCUT2D eigenvalue weighted by atomic mass is 10.1. The van der Waals surface area contributed by atoms with Crippen LogP contribution in [0.15, 0.2) is 35.3 Å². The van der Waals surface area contributed by atoms with Crippen LogP contribution in [0.3, 0.4) is 0 Å². The zero-order chi connectivity index (χ0) is 10.8. The van der Waals surface area contributed by atoms with Crippen LogP contribution in [0.2, 0.25) is 0 Å². The number of aliphatic imine (C=N–C) groups is 1. The van der Waals surface area contributed by atoms with Crippen LogP contribution in [-0.2, 0) is 0 Å². The predicted octanol–water partition coefficient (Wildman–Crippen LogP) is 2.71. The molecular weight excluding hydrogens is 196 g/mol. The highest BCUT2D eigenvalue weighted by Crippen LogP contribution is 2.40. The molecule has 0 radical (unpaired) electrons. The zero-order valence-corrected chi connectivity index (χ0v) is 9.52. The van der Waals surface area contributed by atoms with E-state index in [2.05, 4.69) is 40.6 Å². The van der Waals surface area contributed by atoms with E-state index in [9.17, 15) is 0 Å². The first kappa shape index (κ1) is 9.88. The van der Waals surface area contributed by atoms with Gasteiger partial charge < -0.3 is 5.32 Å². The summed E-state index contributed by atoms with van der Waals surface area (Å²) in [6.07, 6.45) is 4.98. The molecule has 1 fully saturated rings. The molecule has 2 unspecified atom stereocenters. The summed E-state index contributed by atoms with van der Waals surface area (Å²) in [6.45, 7) is 1.02. The van der Waals surface area contributed by atoms with Crippen molar-refractivity contribution in [2.45, 2.75) is 37.6 Å². The van der Waals surface area contributed by atoms with Gasteiger partial charge in [-0.05, 0) is 24.8 Å². The van der Waals surface area contributed by atoms with Crippen LogP contribution >= 0.6 is 0 Å². The third-order valence-electron chi connectivity index (χ3n) is 3.49. The van der Waals surface area contributed by atoms with E-state index in [1.54, 1.807) is 0 Å². The molecule has 1 N–H and O–H groups in total. The Labute approximate surface area is 96.8 Å². The van der Waals surface area contributed by atoms with E-state index in [0.29, 0.717) is 12.0 Å². The Balaban J connectivity index is 1.58. The fourth-order valence-electron chi connectivity index (χ4n) is 2.45. The van der Waals surface area contributed by atoms with E-state index in [1.165, 1.54) is 30.7 Å². The number of hydrogen-bond donors (Lipinski definition) is 1. The molecule has 3 rings (SSSR count). The van der Waals surface area contributed by atoms with Gasteiger partial charge in [-0.3, -0.25) is 4.99 Å². The Morgan fingerprint density at radius 2 is 2.00 bits per heavy atom. The van der Waals surface area contributed by atoms with Gasteiger partial charge in [-0.1, -0.05) is 30.3 Å². The highest BCUT2D eigenvalue weighted by atomic mass is 15.1. The van der Waals surface area contributed by atoms with Crippen LogP contribution in [0.1, 0.15) is 37.2 Å². The minimum atomic E-state index is 0.638. The van der Waals surface area contributed by atoms with E-state index in [0.717, 1.165) is 13.0 Å². The largest absolute Gasteiger partial charge is 0.370 e. The van der Waals surface area contributed by atoms with Crippen LogP contribution < -0.4 is 5.32 Å². The van der Waals surface area contributed by atoms with Gasteiger partial charge in [-0.25, -0.2) is 0 Å². The Morgan fingerprint density at radius 1 is 1.12 bits per heavy atom. The van der Waals surface area contributed by atoms with Gasteiger partial charge in [0, 0.05) is 24.9 Å². The Kier molecular flexibility index (Phi) is 2.65. The standard InChI is InChI=1S/C14H18N2/c1-2-6-11(7-3-1)12-10-13(12)16-14-8-4-5-9-15-14/h1-3,6-7,12-13H,4-5,8-10H2,(H,15,16). The maximum Gasteiger partial charge on any atom is 0.0965 e. The number of nitrogens with one attached hydrogen (secondary N) is 1. The Hall–Kier alpha value is -1.31. The lowest BCUT2D eigenvalue weighted by Gasteiger charge is -2.13. The minimum Gasteiger partial charge on any atom is -0.370 e. The summed E-state index contributed by atoms with van der Waals surface area (Å²) >= 11 is 0. The van der Waals surface area contributed by atoms with Gasteiger partial charge in [0.25, 0.3) is 0 Å². The SMILES string of the molecule is c1ccc(C2CC2NC2=NCCCC2)cc1. The molecule has 1 aromatic carbocycles. The van der Waals surface area contributed by atoms with Gasteiger partial charge >= 0.3 is 0 Å². The van der Waals surface area contributed by atoms with Crippen LogP contribution in [0.5, 0.6) is 0 Å². The number of rotatable bonds is 2. The summed E-state index contributed by atoms with van der Waals surface area (Å²) in [5.74, 6) is 1.96. The number of hydrogen-bond acceptors (Lipinski definition) is 2. The topological polar surface area (TPSA) is 24.4 Å². The molecule has 2 aliphatic rings. The van der Waals surface area contributed by atoms with Gasteiger partial charge in [-0.15, -0.1) is 0 Å². The van der Waals surface area contributed by atoms with Crippen molar-refractivity contribution >= 4 is 5.84 Å². The fraction of sp³-hybridized carbons (Fsp3) is 0.500. The molecular formula is C14H18N2. The second-order valence-electron chi connectivity index (χ2n) is 4.79. The maximum absolute atomic E-state index is 4.54. The normalized spacial score (nSPS) is 28.4. The molecule has 1 heterocycles. The summed E-state index contributed by atoms with van der Waals surface area (Å²) in [5.41, 5.74) is 1.47. The van der Waals surface area contributed by atoms with Crippen LogP contribution in [0.25, 0.3) is 0 Å². The second kappa shape index (κ2) is 4.28. The summed E-state index contributed by atoms with van der Waals surface area (Å²) in [4.78, 5) is 4.54. The summed E-state index contributed by atoms with van der Waals surface area (Å²) in [5, 5.41) is 3.59. The molecule has 2 atom stereocenters. The molecule has 2 nitrogen and oxygen atoms in total. The molecule has 1 aliphatic heterocycles. The molecule has 0 bridgehead atoms. The third-order valence-corrected chi connectivity index (χ3v) is 3.49. The van der Waals surface area contributed by atoms with Crippen molar-refractivity contribution in [3.63, 3.8) is 0 Å². The fourth-order valence-corrected chi connectivity index (χ4v) is 2.45. The van der Waals surface area contributed by atoms with Crippen molar-refractivity contribution < 1.29 is 0 Å². The van der Waals surface area contributed by atoms with Crippen molar-refractivity contribution in [2.24, 2.45) is 4.99 Å². The molecule has 0 saturated heterocycles. The molecule has 1 aromatic rings. The van der Waals surface area contributed by atoms with Gasteiger partial charge in [0.1, 0.15) is 0 Å². The van der Waals surface area contributed by atoms with Gasteiger partial charge in [0.2, 0.25) is 0 Å². The summed E-state index contributed by atoms with van der Waals surface area (Å²) in [6, 6.07) is 11.4. The van der Waals surface area contributed by atoms with Crippen LogP contribution in [-0.4, -0.2) is 18.4 Å². The van der Waals surface area contributed by atoms with Gasteiger partial charge in [0.05, 0.1) is 5.84 Å². The molecule has 0 aromatic heterocycles. The van der Waals surface area contributed by atoms with E-state index in [-0.39, 0.29) is 0 Å². The number of nitrogens with zero attached hydrogens (tertiary/aromatic N) is 1. The number of benzene rings is 1. The highest BCUT2D eigenvalue weighted by Gasteiger charge is 2.38. The van der Waals surface area contributed by atoms with E-state index in [4.69, 9.17) is 0 Å². The summed E-state index contributed by atoms with van der Waals surface area (Å²) in [7, 11) is 0. The monoisotopic (exact) mass is 214 g/mol. The highest BCUT2D eigenvalue weighted by molar-refractivity contribution is 5.83. The molecule has 0 amide bonds. The predicted molar refractivity (Wildman–Crippen MR) is 66.9 cm³/mol. The zero-order valence-electron chi connectivity index (χ0n) is 9.52. The Morgan fingerprint density at radius 3 is 2.75 bits per heavy atom. The minimum absolute atomic E-state index is 0.638. The maximum atomic E-state index is 4.54. The van der Waals surface area contributed by atoms with Crippen molar-refractivity contribution in [1.82, 2.24) is 5.32 Å². The first-order valence-electron chi connectivity index (χ1n) is 6.28. The van der Waals surface area contributed by atoms with Gasteiger partial charge in [-0.2, -0.15) is 0 Å². The quantitative estimate of drug-likeness (QED) is 0.804. The average Bonchev–Trinajstić information content (AvgIpc) is 3.11. The second-order valence-corrected chi connectivity index (χ2v) is 4.79. The van der Waals surface area contributed by atoms with Gasteiger partial charge in [0.15, 0.2) is 0 Å².